The molecule has 1 fully saturated rings. The van der Waals surface area contributed by atoms with E-state index in [2.05, 4.69) is 24.1 Å². The van der Waals surface area contributed by atoms with Crippen molar-refractivity contribution in [3.8, 4) is 0 Å². The highest BCUT2D eigenvalue weighted by atomic mass is 16.4. The van der Waals surface area contributed by atoms with Crippen molar-refractivity contribution >= 4 is 12.0 Å². The molecule has 6 nitrogen and oxygen atoms in total. The van der Waals surface area contributed by atoms with Gasteiger partial charge in [-0.25, -0.2) is 4.79 Å². The number of carboxylic acids is 1. The number of nitrogens with one attached hydrogen (secondary N) is 1. The summed E-state index contributed by atoms with van der Waals surface area (Å²) in [6.45, 7) is 11.4. The highest BCUT2D eigenvalue weighted by Crippen LogP contribution is 2.25. The third kappa shape index (κ3) is 4.09. The number of carbonyl (C=O) groups is 2. The zero-order valence-electron chi connectivity index (χ0n) is 13.7. The second-order valence-electron chi connectivity index (χ2n) is 5.87. The Labute approximate surface area is 127 Å². The molecule has 1 aliphatic rings. The fourth-order valence-corrected chi connectivity index (χ4v) is 2.88. The van der Waals surface area contributed by atoms with Gasteiger partial charge in [-0.1, -0.05) is 20.8 Å². The smallest absolute Gasteiger partial charge is 0.317 e. The molecule has 21 heavy (non-hydrogen) atoms. The van der Waals surface area contributed by atoms with Gasteiger partial charge in [0.25, 0.3) is 0 Å². The van der Waals surface area contributed by atoms with E-state index < -0.39 is 11.4 Å². The van der Waals surface area contributed by atoms with Crippen LogP contribution in [0.2, 0.25) is 0 Å². The minimum atomic E-state index is -0.855. The van der Waals surface area contributed by atoms with Gasteiger partial charge in [0, 0.05) is 32.2 Å². The standard InChI is InChI=1S/C15H29N3O3/c1-5-15(6-2,13(19)20)11-16-14(21)18-9-8-17(7-3)12(4)10-18/h12H,5-11H2,1-4H3,(H,16,21)(H,19,20). The molecule has 1 saturated heterocycles. The predicted molar refractivity (Wildman–Crippen MR) is 82.3 cm³/mol. The summed E-state index contributed by atoms with van der Waals surface area (Å²) >= 11 is 0. The van der Waals surface area contributed by atoms with Crippen molar-refractivity contribution in [1.29, 1.82) is 0 Å². The molecule has 6 heteroatoms. The first-order chi connectivity index (χ1) is 9.90. The minimum Gasteiger partial charge on any atom is -0.481 e. The summed E-state index contributed by atoms with van der Waals surface area (Å²) in [7, 11) is 0. The molecule has 122 valence electrons. The molecule has 0 aromatic rings. The van der Waals surface area contributed by atoms with Crippen LogP contribution in [0, 0.1) is 5.41 Å². The molecule has 1 unspecified atom stereocenters. The third-order valence-corrected chi connectivity index (χ3v) is 4.84. The Bertz CT molecular complexity index is 369. The van der Waals surface area contributed by atoms with Gasteiger partial charge in [-0.15, -0.1) is 0 Å². The number of hydrogen-bond donors (Lipinski definition) is 2. The highest BCUT2D eigenvalue weighted by molar-refractivity contribution is 5.78. The summed E-state index contributed by atoms with van der Waals surface area (Å²) in [5, 5.41) is 12.2. The molecule has 1 aliphatic heterocycles. The summed E-state index contributed by atoms with van der Waals surface area (Å²) in [5.74, 6) is -0.836. The Hall–Kier alpha value is -1.30. The van der Waals surface area contributed by atoms with Gasteiger partial charge in [0.1, 0.15) is 0 Å². The van der Waals surface area contributed by atoms with E-state index >= 15 is 0 Å². The van der Waals surface area contributed by atoms with Gasteiger partial charge in [-0.3, -0.25) is 9.69 Å². The largest absolute Gasteiger partial charge is 0.481 e. The third-order valence-electron chi connectivity index (χ3n) is 4.84. The lowest BCUT2D eigenvalue weighted by Gasteiger charge is -2.39. The van der Waals surface area contributed by atoms with E-state index in [1.807, 2.05) is 13.8 Å². The van der Waals surface area contributed by atoms with Crippen LogP contribution in [-0.2, 0) is 4.79 Å². The van der Waals surface area contributed by atoms with Gasteiger partial charge in [0.05, 0.1) is 5.41 Å². The molecule has 2 amide bonds. The summed E-state index contributed by atoms with van der Waals surface area (Å²) < 4.78 is 0. The molecule has 0 bridgehead atoms. The average Bonchev–Trinajstić information content (AvgIpc) is 2.48. The van der Waals surface area contributed by atoms with Crippen LogP contribution >= 0.6 is 0 Å². The fraction of sp³-hybridized carbons (Fsp3) is 0.867. The number of amides is 2. The van der Waals surface area contributed by atoms with Gasteiger partial charge in [0.2, 0.25) is 0 Å². The van der Waals surface area contributed by atoms with Crippen LogP contribution in [0.5, 0.6) is 0 Å². The Balaban J connectivity index is 2.56. The first-order valence-electron chi connectivity index (χ1n) is 7.90. The lowest BCUT2D eigenvalue weighted by molar-refractivity contribution is -0.149. The number of rotatable bonds is 6. The monoisotopic (exact) mass is 299 g/mol. The lowest BCUT2D eigenvalue weighted by atomic mass is 9.82. The molecule has 0 radical (unpaired) electrons. The Kier molecular flexibility index (Phi) is 6.45. The van der Waals surface area contributed by atoms with Crippen molar-refractivity contribution in [3.05, 3.63) is 0 Å². The van der Waals surface area contributed by atoms with E-state index in [0.717, 1.165) is 13.1 Å². The summed E-state index contributed by atoms with van der Waals surface area (Å²) in [6.07, 6.45) is 1.03. The molecular weight excluding hydrogens is 270 g/mol. The van der Waals surface area contributed by atoms with Crippen LogP contribution in [0.4, 0.5) is 4.79 Å². The Morgan fingerprint density at radius 2 is 1.86 bits per heavy atom. The van der Waals surface area contributed by atoms with Crippen LogP contribution in [0.25, 0.3) is 0 Å². The van der Waals surface area contributed by atoms with E-state index in [4.69, 9.17) is 0 Å². The van der Waals surface area contributed by atoms with Crippen LogP contribution < -0.4 is 5.32 Å². The molecule has 2 N–H and O–H groups in total. The van der Waals surface area contributed by atoms with Gasteiger partial charge in [0.15, 0.2) is 0 Å². The first-order valence-corrected chi connectivity index (χ1v) is 7.90. The zero-order valence-corrected chi connectivity index (χ0v) is 13.7. The second kappa shape index (κ2) is 7.64. The van der Waals surface area contributed by atoms with Gasteiger partial charge in [-0.05, 0) is 26.3 Å². The lowest BCUT2D eigenvalue weighted by Crippen LogP contribution is -2.56. The molecule has 0 aromatic heterocycles. The SMILES string of the molecule is CCN1CCN(C(=O)NCC(CC)(CC)C(=O)O)CC1C. The summed E-state index contributed by atoms with van der Waals surface area (Å²) in [4.78, 5) is 27.8. The molecule has 0 aliphatic carbocycles. The van der Waals surface area contributed by atoms with Gasteiger partial charge >= 0.3 is 12.0 Å². The second-order valence-corrected chi connectivity index (χ2v) is 5.87. The van der Waals surface area contributed by atoms with E-state index in [-0.39, 0.29) is 12.6 Å². The van der Waals surface area contributed by atoms with E-state index in [0.29, 0.717) is 32.0 Å². The van der Waals surface area contributed by atoms with Gasteiger partial charge in [-0.2, -0.15) is 0 Å². The van der Waals surface area contributed by atoms with E-state index in [1.54, 1.807) is 4.90 Å². The van der Waals surface area contributed by atoms with Crippen molar-refractivity contribution in [2.24, 2.45) is 5.41 Å². The molecule has 1 rings (SSSR count). The normalized spacial score (nSPS) is 20.4. The Morgan fingerprint density at radius 1 is 1.24 bits per heavy atom. The number of nitrogens with zero attached hydrogens (tertiary/aromatic N) is 2. The molecule has 0 spiro atoms. The topological polar surface area (TPSA) is 72.9 Å². The Morgan fingerprint density at radius 3 is 2.29 bits per heavy atom. The van der Waals surface area contributed by atoms with Crippen molar-refractivity contribution in [2.45, 2.75) is 46.6 Å². The number of hydrogen-bond acceptors (Lipinski definition) is 3. The number of urea groups is 1. The van der Waals surface area contributed by atoms with Gasteiger partial charge < -0.3 is 15.3 Å². The maximum Gasteiger partial charge on any atom is 0.317 e. The quantitative estimate of drug-likeness (QED) is 0.781. The van der Waals surface area contributed by atoms with Crippen LogP contribution in [0.1, 0.15) is 40.5 Å². The van der Waals surface area contributed by atoms with Crippen LogP contribution in [-0.4, -0.2) is 65.7 Å². The molecular formula is C15H29N3O3. The fourth-order valence-electron chi connectivity index (χ4n) is 2.88. The van der Waals surface area contributed by atoms with Crippen LogP contribution in [0.15, 0.2) is 0 Å². The van der Waals surface area contributed by atoms with E-state index in [9.17, 15) is 14.7 Å². The van der Waals surface area contributed by atoms with Crippen molar-refractivity contribution in [1.82, 2.24) is 15.1 Å². The minimum absolute atomic E-state index is 0.148. The maximum absolute atomic E-state index is 12.2. The highest BCUT2D eigenvalue weighted by Gasteiger charge is 2.36. The number of piperazine rings is 1. The molecule has 0 aromatic carbocycles. The maximum atomic E-state index is 12.2. The van der Waals surface area contributed by atoms with Crippen molar-refractivity contribution in [3.63, 3.8) is 0 Å². The van der Waals surface area contributed by atoms with E-state index in [1.165, 1.54) is 0 Å². The summed E-state index contributed by atoms with van der Waals surface area (Å²) in [5.41, 5.74) is -0.855. The first kappa shape index (κ1) is 17.8. The number of aliphatic carboxylic acids is 1. The van der Waals surface area contributed by atoms with Crippen molar-refractivity contribution < 1.29 is 14.7 Å². The molecule has 0 saturated carbocycles. The average molecular weight is 299 g/mol. The molecule has 1 heterocycles. The molecule has 1 atom stereocenters. The predicted octanol–water partition coefficient (Wildman–Crippen LogP) is 1.61. The number of carbonyl (C=O) groups excluding carboxylic acids is 1. The van der Waals surface area contributed by atoms with Crippen molar-refractivity contribution in [2.75, 3.05) is 32.7 Å². The number of likely N-dealkylation sites (N-methyl/N-ethyl adjacent to an activating group) is 1. The van der Waals surface area contributed by atoms with Crippen LogP contribution in [0.3, 0.4) is 0 Å². The number of carboxylic acid groups (broad SMARTS) is 1. The summed E-state index contributed by atoms with van der Waals surface area (Å²) in [6, 6.07) is 0.196. The zero-order chi connectivity index (χ0) is 16.0.